The Morgan fingerprint density at radius 3 is 2.04 bits per heavy atom. The van der Waals surface area contributed by atoms with E-state index in [1.54, 1.807) is 0 Å². The van der Waals surface area contributed by atoms with Crippen molar-refractivity contribution in [2.75, 3.05) is 31.1 Å². The molecule has 1 saturated heterocycles. The molecule has 0 N–H and O–H groups in total. The molecule has 138 valence electrons. The lowest BCUT2D eigenvalue weighted by molar-refractivity contribution is -0.130. The monoisotopic (exact) mass is 370 g/mol. The van der Waals surface area contributed by atoms with Crippen molar-refractivity contribution >= 4 is 23.2 Å². The van der Waals surface area contributed by atoms with Gasteiger partial charge in [0.2, 0.25) is 5.91 Å². The zero-order valence-electron chi connectivity index (χ0n) is 15.8. The van der Waals surface area contributed by atoms with E-state index in [0.717, 1.165) is 31.7 Å². The van der Waals surface area contributed by atoms with E-state index < -0.39 is 0 Å². The van der Waals surface area contributed by atoms with E-state index >= 15 is 0 Å². The fourth-order valence-corrected chi connectivity index (χ4v) is 3.40. The number of halogens is 1. The Balaban J connectivity index is 1.55. The molecule has 0 atom stereocenters. The summed E-state index contributed by atoms with van der Waals surface area (Å²) in [4.78, 5) is 16.9. The maximum absolute atomic E-state index is 12.5. The number of anilines is 1. The van der Waals surface area contributed by atoms with E-state index in [-0.39, 0.29) is 11.3 Å². The van der Waals surface area contributed by atoms with Crippen LogP contribution in [0.5, 0.6) is 0 Å². The topological polar surface area (TPSA) is 23.6 Å². The highest BCUT2D eigenvalue weighted by Gasteiger charge is 2.22. The molecule has 0 unspecified atom stereocenters. The van der Waals surface area contributed by atoms with Gasteiger partial charge in [-0.05, 0) is 40.8 Å². The first-order valence-corrected chi connectivity index (χ1v) is 9.58. The Bertz CT molecular complexity index is 739. The first-order chi connectivity index (χ1) is 12.3. The summed E-state index contributed by atoms with van der Waals surface area (Å²) in [5.41, 5.74) is 3.77. The minimum Gasteiger partial charge on any atom is -0.368 e. The third-order valence-electron chi connectivity index (χ3n) is 5.00. The third kappa shape index (κ3) is 4.59. The van der Waals surface area contributed by atoms with Crippen molar-refractivity contribution in [3.63, 3.8) is 0 Å². The zero-order chi connectivity index (χ0) is 18.7. The highest BCUT2D eigenvalue weighted by Crippen LogP contribution is 2.25. The van der Waals surface area contributed by atoms with E-state index in [2.05, 4.69) is 49.9 Å². The molecule has 1 fully saturated rings. The molecule has 3 nitrogen and oxygen atoms in total. The van der Waals surface area contributed by atoms with Gasteiger partial charge in [0, 0.05) is 36.9 Å². The first-order valence-electron chi connectivity index (χ1n) is 9.21. The van der Waals surface area contributed by atoms with Crippen LogP contribution in [-0.2, 0) is 16.6 Å². The van der Waals surface area contributed by atoms with E-state index in [1.807, 2.05) is 29.2 Å². The molecule has 2 aromatic rings. The molecule has 3 rings (SSSR count). The van der Waals surface area contributed by atoms with Crippen LogP contribution in [0.4, 0.5) is 5.69 Å². The molecule has 4 heteroatoms. The molecule has 26 heavy (non-hydrogen) atoms. The van der Waals surface area contributed by atoms with Crippen molar-refractivity contribution in [1.29, 1.82) is 0 Å². The molecule has 1 amide bonds. The van der Waals surface area contributed by atoms with Crippen LogP contribution in [0, 0.1) is 0 Å². The van der Waals surface area contributed by atoms with Gasteiger partial charge in [-0.1, -0.05) is 56.6 Å². The maximum atomic E-state index is 12.5. The summed E-state index contributed by atoms with van der Waals surface area (Å²) in [7, 11) is 0. The Kier molecular flexibility index (Phi) is 5.57. The Labute approximate surface area is 161 Å². The Morgan fingerprint density at radius 1 is 0.923 bits per heavy atom. The van der Waals surface area contributed by atoms with Gasteiger partial charge in [0.25, 0.3) is 0 Å². The average molecular weight is 371 g/mol. The molecule has 0 bridgehead atoms. The van der Waals surface area contributed by atoms with Gasteiger partial charge in [0.1, 0.15) is 0 Å². The molecule has 0 saturated carbocycles. The normalized spacial score (nSPS) is 15.2. The quantitative estimate of drug-likeness (QED) is 0.792. The second-order valence-electron chi connectivity index (χ2n) is 7.97. The summed E-state index contributed by atoms with van der Waals surface area (Å²) in [6.07, 6.45) is 0.442. The van der Waals surface area contributed by atoms with Crippen LogP contribution in [0.2, 0.25) is 5.02 Å². The predicted octanol–water partition coefficient (Wildman–Crippen LogP) is 4.53. The number of hydrogen-bond acceptors (Lipinski definition) is 2. The van der Waals surface area contributed by atoms with Gasteiger partial charge in [-0.15, -0.1) is 0 Å². The highest BCUT2D eigenvalue weighted by atomic mass is 35.5. The summed E-state index contributed by atoms with van der Waals surface area (Å²) in [6.45, 7) is 9.98. The number of carbonyl (C=O) groups is 1. The lowest BCUT2D eigenvalue weighted by Crippen LogP contribution is -2.49. The number of rotatable bonds is 3. The number of piperazine rings is 1. The van der Waals surface area contributed by atoms with Gasteiger partial charge in [0.15, 0.2) is 0 Å². The zero-order valence-corrected chi connectivity index (χ0v) is 16.6. The standard InChI is InChI=1S/C22H27ClN2O/c1-22(2,3)18-6-10-20(11-7-18)24-12-14-25(15-13-24)21(26)16-17-4-8-19(23)9-5-17/h4-11H,12-16H2,1-3H3. The number of hydrogen-bond donors (Lipinski definition) is 0. The Hall–Kier alpha value is -2.00. The van der Waals surface area contributed by atoms with Crippen LogP contribution >= 0.6 is 11.6 Å². The van der Waals surface area contributed by atoms with Crippen molar-refractivity contribution in [3.8, 4) is 0 Å². The van der Waals surface area contributed by atoms with Gasteiger partial charge in [-0.2, -0.15) is 0 Å². The summed E-state index contributed by atoms with van der Waals surface area (Å²) in [5.74, 6) is 0.190. The van der Waals surface area contributed by atoms with Crippen molar-refractivity contribution in [3.05, 3.63) is 64.7 Å². The largest absolute Gasteiger partial charge is 0.368 e. The average Bonchev–Trinajstić information content (AvgIpc) is 2.63. The number of amides is 1. The van der Waals surface area contributed by atoms with Gasteiger partial charge in [0.05, 0.1) is 6.42 Å². The molecule has 1 heterocycles. The molecule has 0 aromatic heterocycles. The summed E-state index contributed by atoms with van der Waals surface area (Å²) < 4.78 is 0. The molecular weight excluding hydrogens is 344 g/mol. The van der Waals surface area contributed by atoms with Gasteiger partial charge >= 0.3 is 0 Å². The molecule has 2 aromatic carbocycles. The van der Waals surface area contributed by atoms with Crippen LogP contribution in [0.1, 0.15) is 31.9 Å². The summed E-state index contributed by atoms with van der Waals surface area (Å²) in [6, 6.07) is 16.4. The second kappa shape index (κ2) is 7.71. The van der Waals surface area contributed by atoms with Crippen molar-refractivity contribution in [2.45, 2.75) is 32.6 Å². The lowest BCUT2D eigenvalue weighted by atomic mass is 9.87. The van der Waals surface area contributed by atoms with Crippen LogP contribution in [0.3, 0.4) is 0 Å². The number of benzene rings is 2. The molecule has 1 aliphatic rings. The Morgan fingerprint density at radius 2 is 1.50 bits per heavy atom. The van der Waals surface area contributed by atoms with Crippen molar-refractivity contribution in [1.82, 2.24) is 4.90 Å². The second-order valence-corrected chi connectivity index (χ2v) is 8.40. The first kappa shape index (κ1) is 18.8. The lowest BCUT2D eigenvalue weighted by Gasteiger charge is -2.36. The molecule has 0 radical (unpaired) electrons. The summed E-state index contributed by atoms with van der Waals surface area (Å²) in [5, 5.41) is 0.701. The highest BCUT2D eigenvalue weighted by molar-refractivity contribution is 6.30. The molecule has 0 spiro atoms. The van der Waals surface area contributed by atoms with Crippen LogP contribution < -0.4 is 4.90 Å². The summed E-state index contributed by atoms with van der Waals surface area (Å²) >= 11 is 5.90. The smallest absolute Gasteiger partial charge is 0.227 e. The van der Waals surface area contributed by atoms with Crippen molar-refractivity contribution < 1.29 is 4.79 Å². The van der Waals surface area contributed by atoms with Crippen LogP contribution in [0.25, 0.3) is 0 Å². The van der Waals surface area contributed by atoms with E-state index in [9.17, 15) is 4.79 Å². The SMILES string of the molecule is CC(C)(C)c1ccc(N2CCN(C(=O)Cc3ccc(Cl)cc3)CC2)cc1. The fourth-order valence-electron chi connectivity index (χ4n) is 3.27. The minimum atomic E-state index is 0.172. The van der Waals surface area contributed by atoms with E-state index in [1.165, 1.54) is 11.3 Å². The van der Waals surface area contributed by atoms with E-state index in [0.29, 0.717) is 11.4 Å². The fraction of sp³-hybridized carbons (Fsp3) is 0.409. The van der Waals surface area contributed by atoms with Gasteiger partial charge in [-0.25, -0.2) is 0 Å². The number of nitrogens with zero attached hydrogens (tertiary/aromatic N) is 2. The van der Waals surface area contributed by atoms with Gasteiger partial charge < -0.3 is 9.80 Å². The van der Waals surface area contributed by atoms with Crippen LogP contribution in [0.15, 0.2) is 48.5 Å². The predicted molar refractivity (Wildman–Crippen MR) is 109 cm³/mol. The third-order valence-corrected chi connectivity index (χ3v) is 5.25. The van der Waals surface area contributed by atoms with Crippen molar-refractivity contribution in [2.24, 2.45) is 0 Å². The minimum absolute atomic E-state index is 0.172. The van der Waals surface area contributed by atoms with Gasteiger partial charge in [-0.3, -0.25) is 4.79 Å². The maximum Gasteiger partial charge on any atom is 0.227 e. The molecular formula is C22H27ClN2O. The molecule has 0 aliphatic carbocycles. The van der Waals surface area contributed by atoms with Crippen LogP contribution in [-0.4, -0.2) is 37.0 Å². The number of carbonyl (C=O) groups excluding carboxylic acids is 1. The van der Waals surface area contributed by atoms with E-state index in [4.69, 9.17) is 11.6 Å². The molecule has 1 aliphatic heterocycles.